The number of rotatable bonds is 6. The molecular weight excluding hydrogens is 444 g/mol. The van der Waals surface area contributed by atoms with Crippen molar-refractivity contribution in [3.63, 3.8) is 0 Å². The second kappa shape index (κ2) is 8.11. The number of allylic oxidation sites excluding steroid dienone is 1. The van der Waals surface area contributed by atoms with Gasteiger partial charge in [0.25, 0.3) is 5.56 Å². The molecule has 6 rings (SSSR count). The van der Waals surface area contributed by atoms with Crippen LogP contribution in [0.1, 0.15) is 21.5 Å². The lowest BCUT2D eigenvalue weighted by atomic mass is 10.0. The number of carbonyl (C=O) groups excluding carboxylic acids is 1. The van der Waals surface area contributed by atoms with Crippen molar-refractivity contribution in [3.8, 4) is 11.1 Å². The van der Waals surface area contributed by atoms with Crippen LogP contribution in [0.3, 0.4) is 0 Å². The summed E-state index contributed by atoms with van der Waals surface area (Å²) in [5.41, 5.74) is 6.15. The zero-order valence-corrected chi connectivity index (χ0v) is 19.1. The topological polar surface area (TPSA) is 69.3 Å². The van der Waals surface area contributed by atoms with E-state index in [0.29, 0.717) is 28.4 Å². The number of benzene rings is 3. The van der Waals surface area contributed by atoms with E-state index in [1.54, 1.807) is 16.7 Å². The monoisotopic (exact) mass is 464 g/mol. The summed E-state index contributed by atoms with van der Waals surface area (Å²) in [5.74, 6) is 0.682. The number of nitrogens with zero attached hydrogens (tertiary/aromatic N) is 4. The molecule has 0 amide bonds. The summed E-state index contributed by atoms with van der Waals surface area (Å²) in [4.78, 5) is 26.1. The molecule has 2 heterocycles. The van der Waals surface area contributed by atoms with E-state index < -0.39 is 0 Å². The molecule has 7 heteroatoms. The Balaban J connectivity index is 1.34. The fourth-order valence-corrected chi connectivity index (χ4v) is 5.47. The van der Waals surface area contributed by atoms with Crippen molar-refractivity contribution in [1.82, 2.24) is 19.2 Å². The molecule has 1 aliphatic carbocycles. The summed E-state index contributed by atoms with van der Waals surface area (Å²) in [6.45, 7) is 4.08. The number of aromatic nitrogens is 4. The molecular formula is C27H20N4O2S. The van der Waals surface area contributed by atoms with E-state index in [2.05, 4.69) is 41.0 Å². The quantitative estimate of drug-likeness (QED) is 0.202. The number of fused-ring (bicyclic) bond motifs is 6. The van der Waals surface area contributed by atoms with Gasteiger partial charge in [-0.3, -0.25) is 18.6 Å². The third-order valence-corrected chi connectivity index (χ3v) is 7.17. The number of ketones is 1. The van der Waals surface area contributed by atoms with Gasteiger partial charge in [0.15, 0.2) is 10.9 Å². The minimum atomic E-state index is -0.138. The van der Waals surface area contributed by atoms with Gasteiger partial charge in [-0.1, -0.05) is 66.4 Å². The highest BCUT2D eigenvalue weighted by atomic mass is 32.2. The summed E-state index contributed by atoms with van der Waals surface area (Å²) in [6.07, 6.45) is 2.56. The Morgan fingerprint density at radius 3 is 2.68 bits per heavy atom. The Hall–Kier alpha value is -3.97. The van der Waals surface area contributed by atoms with Crippen LogP contribution >= 0.6 is 11.8 Å². The van der Waals surface area contributed by atoms with Crippen molar-refractivity contribution in [1.29, 1.82) is 0 Å². The van der Waals surface area contributed by atoms with Gasteiger partial charge < -0.3 is 0 Å². The molecule has 0 bridgehead atoms. The summed E-state index contributed by atoms with van der Waals surface area (Å²) in [7, 11) is 0. The predicted molar refractivity (Wildman–Crippen MR) is 135 cm³/mol. The van der Waals surface area contributed by atoms with Gasteiger partial charge >= 0.3 is 0 Å². The number of hydrogen-bond acceptors (Lipinski definition) is 5. The average molecular weight is 465 g/mol. The molecule has 0 fully saturated rings. The zero-order valence-electron chi connectivity index (χ0n) is 18.3. The lowest BCUT2D eigenvalue weighted by Crippen LogP contribution is -2.22. The van der Waals surface area contributed by atoms with Crippen LogP contribution in [-0.2, 0) is 13.0 Å². The lowest BCUT2D eigenvalue weighted by molar-refractivity contribution is 0.102. The highest BCUT2D eigenvalue weighted by Crippen LogP contribution is 2.37. The van der Waals surface area contributed by atoms with Crippen LogP contribution in [0, 0.1) is 0 Å². The summed E-state index contributed by atoms with van der Waals surface area (Å²) in [5, 5.41) is 9.72. The molecule has 166 valence electrons. The van der Waals surface area contributed by atoms with E-state index in [1.165, 1.54) is 28.5 Å². The maximum Gasteiger partial charge on any atom is 0.263 e. The third-order valence-electron chi connectivity index (χ3n) is 6.24. The van der Waals surface area contributed by atoms with Crippen molar-refractivity contribution >= 4 is 34.2 Å². The Morgan fingerprint density at radius 1 is 1.00 bits per heavy atom. The Bertz CT molecular complexity index is 1680. The molecule has 0 unspecified atom stereocenters. The van der Waals surface area contributed by atoms with Crippen LogP contribution in [0.2, 0.25) is 0 Å². The number of carbonyl (C=O) groups is 1. The molecule has 0 radical (unpaired) electrons. The largest absolute Gasteiger partial charge is 0.293 e. The molecule has 2 aromatic heterocycles. The van der Waals surface area contributed by atoms with Crippen LogP contribution in [0.4, 0.5) is 0 Å². The van der Waals surface area contributed by atoms with Gasteiger partial charge in [-0.15, -0.1) is 16.8 Å². The summed E-state index contributed by atoms with van der Waals surface area (Å²) < 4.78 is 3.39. The summed E-state index contributed by atoms with van der Waals surface area (Å²) in [6, 6.07) is 21.7. The second-order valence-electron chi connectivity index (χ2n) is 8.26. The molecule has 0 spiro atoms. The minimum Gasteiger partial charge on any atom is -0.293 e. The number of thioether (sulfide) groups is 1. The molecule has 0 aliphatic heterocycles. The van der Waals surface area contributed by atoms with E-state index in [1.807, 2.05) is 40.8 Å². The van der Waals surface area contributed by atoms with Crippen molar-refractivity contribution in [2.45, 2.75) is 18.1 Å². The van der Waals surface area contributed by atoms with Crippen LogP contribution in [0.25, 0.3) is 27.8 Å². The maximum absolute atomic E-state index is 13.1. The third kappa shape index (κ3) is 3.20. The summed E-state index contributed by atoms with van der Waals surface area (Å²) >= 11 is 1.32. The van der Waals surface area contributed by atoms with E-state index in [9.17, 15) is 9.59 Å². The Labute approximate surface area is 199 Å². The van der Waals surface area contributed by atoms with Gasteiger partial charge in [0, 0.05) is 12.1 Å². The molecule has 34 heavy (non-hydrogen) atoms. The fourth-order valence-electron chi connectivity index (χ4n) is 4.63. The van der Waals surface area contributed by atoms with Crippen LogP contribution < -0.4 is 5.56 Å². The Morgan fingerprint density at radius 2 is 1.79 bits per heavy atom. The molecule has 5 aromatic rings. The van der Waals surface area contributed by atoms with Crippen LogP contribution in [-0.4, -0.2) is 30.7 Å². The van der Waals surface area contributed by atoms with E-state index in [-0.39, 0.29) is 17.1 Å². The number of Topliss-reactive ketones (excluding diaryl/α,β-unsaturated/α-hetero) is 1. The van der Waals surface area contributed by atoms with Gasteiger partial charge in [-0.05, 0) is 46.9 Å². The van der Waals surface area contributed by atoms with Gasteiger partial charge in [0.05, 0.1) is 16.7 Å². The average Bonchev–Trinajstić information content (AvgIpc) is 3.46. The van der Waals surface area contributed by atoms with Gasteiger partial charge in [-0.2, -0.15) is 0 Å². The number of hydrogen-bond donors (Lipinski definition) is 0. The standard InChI is InChI=1S/C27H20N4O2S/c1-2-13-30-25(33)21-9-5-6-10-23(21)31-26(30)28-29-27(31)34-16-24(32)19-12-11-18-14-17-7-3-4-8-20(17)22(18)15-19/h2-12,15H,1,13-14,16H2. The SMILES string of the molecule is C=CCn1c(=O)c2ccccc2n2c(SCC(=O)c3ccc4c(c3)-c3ccccc3C4)nnc12. The first kappa shape index (κ1) is 20.6. The first-order valence-electron chi connectivity index (χ1n) is 11.0. The lowest BCUT2D eigenvalue weighted by Gasteiger charge is -2.09. The Kier molecular flexibility index (Phi) is 4.92. The van der Waals surface area contributed by atoms with Crippen LogP contribution in [0.5, 0.6) is 0 Å². The molecule has 1 aliphatic rings. The first-order chi connectivity index (χ1) is 16.7. The molecule has 6 nitrogen and oxygen atoms in total. The van der Waals surface area contributed by atoms with Gasteiger partial charge in [-0.25, -0.2) is 0 Å². The van der Waals surface area contributed by atoms with Crippen molar-refractivity contribution in [2.24, 2.45) is 0 Å². The zero-order chi connectivity index (χ0) is 23.2. The first-order valence-corrected chi connectivity index (χ1v) is 12.0. The van der Waals surface area contributed by atoms with Crippen molar-refractivity contribution in [2.75, 3.05) is 5.75 Å². The highest BCUT2D eigenvalue weighted by molar-refractivity contribution is 7.99. The normalized spacial score (nSPS) is 12.1. The number of para-hydroxylation sites is 1. The minimum absolute atomic E-state index is 0.0256. The molecule has 0 saturated carbocycles. The van der Waals surface area contributed by atoms with E-state index in [4.69, 9.17) is 0 Å². The van der Waals surface area contributed by atoms with E-state index >= 15 is 0 Å². The molecule has 0 saturated heterocycles. The second-order valence-corrected chi connectivity index (χ2v) is 9.20. The predicted octanol–water partition coefficient (Wildman–Crippen LogP) is 4.78. The molecule has 3 aromatic carbocycles. The highest BCUT2D eigenvalue weighted by Gasteiger charge is 2.21. The smallest absolute Gasteiger partial charge is 0.263 e. The van der Waals surface area contributed by atoms with E-state index in [0.717, 1.165) is 17.5 Å². The van der Waals surface area contributed by atoms with Gasteiger partial charge in [0.2, 0.25) is 5.78 Å². The van der Waals surface area contributed by atoms with Crippen molar-refractivity contribution in [3.05, 3.63) is 106 Å². The van der Waals surface area contributed by atoms with Crippen molar-refractivity contribution < 1.29 is 4.79 Å². The molecule has 0 N–H and O–H groups in total. The molecule has 0 atom stereocenters. The fraction of sp³-hybridized carbons (Fsp3) is 0.111. The van der Waals surface area contributed by atoms with Crippen LogP contribution in [0.15, 0.2) is 89.3 Å². The van der Waals surface area contributed by atoms with Gasteiger partial charge in [0.1, 0.15) is 0 Å². The maximum atomic E-state index is 13.1.